The van der Waals surface area contributed by atoms with Crippen molar-refractivity contribution in [1.82, 2.24) is 10.0 Å². The number of ether oxygens (including phenoxy) is 1. The number of amides is 1. The van der Waals surface area contributed by atoms with Gasteiger partial charge in [0.1, 0.15) is 10.3 Å². The van der Waals surface area contributed by atoms with Gasteiger partial charge in [-0.15, -0.1) is 11.3 Å². The van der Waals surface area contributed by atoms with Gasteiger partial charge < -0.3 is 15.2 Å². The number of nitrogens with one attached hydrogen (secondary N) is 2. The molecule has 1 aromatic heterocycles. The van der Waals surface area contributed by atoms with Crippen LogP contribution in [-0.4, -0.2) is 71.5 Å². The van der Waals surface area contributed by atoms with E-state index in [4.69, 9.17) is 9.90 Å². The maximum absolute atomic E-state index is 12.6. The van der Waals surface area contributed by atoms with Gasteiger partial charge in [-0.05, 0) is 48.4 Å². The van der Waals surface area contributed by atoms with Gasteiger partial charge in [0, 0.05) is 25.5 Å². The number of esters is 1. The molecule has 15 heteroatoms. The third kappa shape index (κ3) is 11.9. The number of hydrogen-bond donors (Lipinski definition) is 3. The van der Waals surface area contributed by atoms with Crippen molar-refractivity contribution in [2.45, 2.75) is 47.6 Å². The monoisotopic (exact) mass is 608 g/mol. The molecular weight excluding hydrogens is 577 g/mol. The molecule has 0 aliphatic rings. The van der Waals surface area contributed by atoms with Crippen molar-refractivity contribution >= 4 is 60.8 Å². The van der Waals surface area contributed by atoms with E-state index in [-0.39, 0.29) is 21.4 Å². The Balaban J connectivity index is 0.00000168. The van der Waals surface area contributed by atoms with Crippen LogP contribution in [0.25, 0.3) is 0 Å². The van der Waals surface area contributed by atoms with Crippen LogP contribution >= 0.6 is 23.1 Å². The Labute approximate surface area is 231 Å². The number of thiophene rings is 1. The predicted octanol–water partition coefficient (Wildman–Crippen LogP) is 2.53. The number of carboxylic acids is 1. The number of benzene rings is 1. The van der Waals surface area contributed by atoms with Gasteiger partial charge in [-0.1, -0.05) is 19.1 Å². The zero-order valence-electron chi connectivity index (χ0n) is 21.4. The molecule has 0 saturated carbocycles. The van der Waals surface area contributed by atoms with Gasteiger partial charge >= 0.3 is 5.97 Å². The fraction of sp³-hybridized carbons (Fsp3) is 0.435. The topological polar surface area (TPSA) is 173 Å². The Morgan fingerprint density at radius 3 is 2.34 bits per heavy atom. The van der Waals surface area contributed by atoms with Crippen LogP contribution in [0.2, 0.25) is 0 Å². The van der Waals surface area contributed by atoms with Crippen LogP contribution in [0.5, 0.6) is 0 Å². The molecule has 1 atom stereocenters. The molecule has 1 aromatic carbocycles. The standard InChI is InChI=1S/C21H28N2O7S4.C2H4O2/c1-4-17(21(25)30-2)23-34(28,29)16-8-5-7-15(13-16)14-31-12-6-11-22-20(24)18-9-10-19(32-18)33(3,26)27;1-2(3)4/h5,7-10,13,17,23H,4,6,11-12,14H2,1-3H3,(H,22,24);1H3,(H,3,4)/t17-;/m0./s1. The summed E-state index contributed by atoms with van der Waals surface area (Å²) in [4.78, 5) is 33.3. The first-order valence-electron chi connectivity index (χ1n) is 11.3. The highest BCUT2D eigenvalue weighted by molar-refractivity contribution is 7.98. The van der Waals surface area contributed by atoms with Gasteiger partial charge in [0.15, 0.2) is 9.84 Å². The SMILES string of the molecule is CC(=O)O.CC[C@H](NS(=O)(=O)c1cccc(CSCCCNC(=O)c2ccc(S(C)(=O)=O)s2)c1)C(=O)OC. The van der Waals surface area contributed by atoms with Crippen LogP contribution in [-0.2, 0) is 39.9 Å². The second kappa shape index (κ2) is 15.8. The molecule has 0 aliphatic heterocycles. The van der Waals surface area contributed by atoms with Crippen molar-refractivity contribution in [3.8, 4) is 0 Å². The maximum atomic E-state index is 12.6. The van der Waals surface area contributed by atoms with Crippen LogP contribution < -0.4 is 10.0 Å². The fourth-order valence-electron chi connectivity index (χ4n) is 2.79. The van der Waals surface area contributed by atoms with Crippen molar-refractivity contribution in [2.75, 3.05) is 25.7 Å². The summed E-state index contributed by atoms with van der Waals surface area (Å²) in [5.74, 6) is -0.476. The van der Waals surface area contributed by atoms with Crippen molar-refractivity contribution in [1.29, 1.82) is 0 Å². The minimum Gasteiger partial charge on any atom is -0.481 e. The van der Waals surface area contributed by atoms with Crippen molar-refractivity contribution < 1.29 is 41.1 Å². The van der Waals surface area contributed by atoms with E-state index in [0.29, 0.717) is 23.6 Å². The Kier molecular flexibility index (Phi) is 14.0. The largest absolute Gasteiger partial charge is 0.481 e. The molecule has 2 aromatic rings. The first kappa shape index (κ1) is 33.6. The molecule has 2 rings (SSSR count). The molecule has 0 radical (unpaired) electrons. The van der Waals surface area contributed by atoms with E-state index in [0.717, 1.165) is 35.8 Å². The normalized spacial score (nSPS) is 12.1. The van der Waals surface area contributed by atoms with E-state index in [2.05, 4.69) is 14.8 Å². The number of methoxy groups -OCH3 is 1. The third-order valence-corrected chi connectivity index (χ3v) is 10.1. The number of hydrogen-bond acceptors (Lipinski definition) is 10. The molecule has 0 saturated heterocycles. The average Bonchev–Trinajstić information content (AvgIpc) is 3.35. The highest BCUT2D eigenvalue weighted by Gasteiger charge is 2.25. The summed E-state index contributed by atoms with van der Waals surface area (Å²) in [6, 6.07) is 8.47. The van der Waals surface area contributed by atoms with Gasteiger partial charge in [0.05, 0.1) is 16.9 Å². The Bertz CT molecular complexity index is 1300. The molecule has 1 amide bonds. The average molecular weight is 609 g/mol. The fourth-order valence-corrected chi connectivity index (χ4v) is 6.88. The van der Waals surface area contributed by atoms with E-state index in [1.165, 1.54) is 25.3 Å². The summed E-state index contributed by atoms with van der Waals surface area (Å²) in [7, 11) is -5.99. The molecular formula is C23H32N2O9S4. The zero-order valence-corrected chi connectivity index (χ0v) is 24.7. The number of sulfone groups is 1. The quantitative estimate of drug-likeness (QED) is 0.227. The molecule has 0 spiro atoms. The van der Waals surface area contributed by atoms with Crippen molar-refractivity contribution in [3.05, 3.63) is 46.8 Å². The number of rotatable bonds is 13. The second-order valence-electron chi connectivity index (χ2n) is 7.82. The highest BCUT2D eigenvalue weighted by atomic mass is 32.2. The number of thioether (sulfide) groups is 1. The first-order valence-corrected chi connectivity index (χ1v) is 16.6. The minimum atomic E-state index is -3.88. The highest BCUT2D eigenvalue weighted by Crippen LogP contribution is 2.21. The van der Waals surface area contributed by atoms with Crippen LogP contribution in [0.15, 0.2) is 45.5 Å². The lowest BCUT2D eigenvalue weighted by Gasteiger charge is -2.15. The van der Waals surface area contributed by atoms with E-state index in [1.54, 1.807) is 30.8 Å². The molecule has 212 valence electrons. The first-order chi connectivity index (χ1) is 17.7. The van der Waals surface area contributed by atoms with Gasteiger partial charge in [-0.3, -0.25) is 14.4 Å². The van der Waals surface area contributed by atoms with E-state index < -0.39 is 37.8 Å². The number of carbonyl (C=O) groups excluding carboxylic acids is 2. The second-order valence-corrected chi connectivity index (χ2v) is 14.0. The maximum Gasteiger partial charge on any atom is 0.323 e. The number of sulfonamides is 1. The summed E-state index contributed by atoms with van der Waals surface area (Å²) in [5, 5.41) is 10.2. The van der Waals surface area contributed by atoms with Crippen LogP contribution in [0, 0.1) is 0 Å². The third-order valence-electron chi connectivity index (χ3n) is 4.59. The van der Waals surface area contributed by atoms with Gasteiger partial charge in [-0.25, -0.2) is 16.8 Å². The Hall–Kier alpha value is -2.46. The smallest absolute Gasteiger partial charge is 0.323 e. The number of carbonyl (C=O) groups is 3. The van der Waals surface area contributed by atoms with E-state index in [9.17, 15) is 26.4 Å². The summed E-state index contributed by atoms with van der Waals surface area (Å²) in [6.45, 7) is 3.20. The molecule has 0 aliphatic carbocycles. The summed E-state index contributed by atoms with van der Waals surface area (Å²) < 4.78 is 55.4. The molecule has 3 N–H and O–H groups in total. The zero-order chi connectivity index (χ0) is 28.9. The van der Waals surface area contributed by atoms with Gasteiger partial charge in [0.2, 0.25) is 10.0 Å². The van der Waals surface area contributed by atoms with Gasteiger partial charge in [0.25, 0.3) is 11.9 Å². The summed E-state index contributed by atoms with van der Waals surface area (Å²) in [6.07, 6.45) is 2.06. The molecule has 1 heterocycles. The molecule has 0 unspecified atom stereocenters. The van der Waals surface area contributed by atoms with Crippen molar-refractivity contribution in [2.24, 2.45) is 0 Å². The summed E-state index contributed by atoms with van der Waals surface area (Å²) in [5.41, 5.74) is 0.815. The number of carboxylic acid groups (broad SMARTS) is 1. The van der Waals surface area contributed by atoms with Crippen LogP contribution in [0.4, 0.5) is 0 Å². The van der Waals surface area contributed by atoms with Crippen LogP contribution in [0.1, 0.15) is 41.9 Å². The molecule has 0 bridgehead atoms. The number of aliphatic carboxylic acids is 1. The lowest BCUT2D eigenvalue weighted by atomic mass is 10.2. The van der Waals surface area contributed by atoms with E-state index >= 15 is 0 Å². The molecule has 38 heavy (non-hydrogen) atoms. The van der Waals surface area contributed by atoms with E-state index in [1.807, 2.05) is 6.07 Å². The predicted molar refractivity (Wildman–Crippen MR) is 147 cm³/mol. The lowest BCUT2D eigenvalue weighted by molar-refractivity contribution is -0.142. The van der Waals surface area contributed by atoms with Crippen molar-refractivity contribution in [3.63, 3.8) is 0 Å². The molecule has 11 nitrogen and oxygen atoms in total. The summed E-state index contributed by atoms with van der Waals surface area (Å²) >= 11 is 2.53. The van der Waals surface area contributed by atoms with Crippen LogP contribution in [0.3, 0.4) is 0 Å². The van der Waals surface area contributed by atoms with Gasteiger partial charge in [-0.2, -0.15) is 16.5 Å². The molecule has 0 fully saturated rings. The Morgan fingerprint density at radius 1 is 1.13 bits per heavy atom. The Morgan fingerprint density at radius 2 is 1.79 bits per heavy atom. The minimum absolute atomic E-state index is 0.0737. The lowest BCUT2D eigenvalue weighted by Crippen LogP contribution is -2.40.